The van der Waals surface area contributed by atoms with Crippen molar-refractivity contribution < 1.29 is 23.9 Å². The van der Waals surface area contributed by atoms with E-state index in [-0.39, 0.29) is 34.9 Å². The fourth-order valence-electron chi connectivity index (χ4n) is 6.07. The molecule has 0 aliphatic carbocycles. The lowest BCUT2D eigenvalue weighted by molar-refractivity contribution is 0.0777. The summed E-state index contributed by atoms with van der Waals surface area (Å²) in [7, 11) is 1.54. The van der Waals surface area contributed by atoms with Gasteiger partial charge in [-0.25, -0.2) is 0 Å². The van der Waals surface area contributed by atoms with Crippen LogP contribution in [0.25, 0.3) is 10.4 Å². The molecule has 2 unspecified atom stereocenters. The zero-order valence-corrected chi connectivity index (χ0v) is 26.8. The second-order valence-electron chi connectivity index (χ2n) is 12.2. The molecule has 5 rings (SSSR count). The van der Waals surface area contributed by atoms with Crippen molar-refractivity contribution in [2.75, 3.05) is 26.8 Å². The first-order chi connectivity index (χ1) is 22.7. The molecule has 1 fully saturated rings. The molecule has 1 saturated heterocycles. The Bertz CT molecular complexity index is 1720. The molecule has 47 heavy (non-hydrogen) atoms. The molecule has 3 aliphatic rings. The summed E-state index contributed by atoms with van der Waals surface area (Å²) >= 11 is 0. The molecule has 0 aromatic heterocycles. The number of azide groups is 1. The van der Waals surface area contributed by atoms with Gasteiger partial charge in [0.2, 0.25) is 5.91 Å². The summed E-state index contributed by atoms with van der Waals surface area (Å²) < 4.78 is 11.6. The number of carbonyl (C=O) groups excluding carboxylic acids is 3. The van der Waals surface area contributed by atoms with Crippen molar-refractivity contribution in [2.24, 2.45) is 21.0 Å². The van der Waals surface area contributed by atoms with E-state index in [1.807, 2.05) is 6.92 Å². The summed E-state index contributed by atoms with van der Waals surface area (Å²) in [5, 5.41) is 6.14. The quantitative estimate of drug-likeness (QED) is 0.0991. The predicted molar refractivity (Wildman–Crippen MR) is 181 cm³/mol. The number of methoxy groups -OCH3 is 1. The molecule has 12 heteroatoms. The highest BCUT2D eigenvalue weighted by Crippen LogP contribution is 2.38. The third-order valence-corrected chi connectivity index (χ3v) is 8.46. The minimum Gasteiger partial charge on any atom is -0.493 e. The van der Waals surface area contributed by atoms with Crippen LogP contribution in [0.4, 0.5) is 11.4 Å². The third-order valence-electron chi connectivity index (χ3n) is 8.46. The molecule has 244 valence electrons. The number of hydrogen-bond donors (Lipinski definition) is 1. The lowest BCUT2D eigenvalue weighted by atomic mass is 9.95. The maximum absolute atomic E-state index is 13.2. The number of fused-ring (bicyclic) bond motifs is 3. The van der Waals surface area contributed by atoms with Crippen LogP contribution in [0, 0.1) is 5.92 Å². The van der Waals surface area contributed by atoms with E-state index in [4.69, 9.17) is 15.0 Å². The van der Waals surface area contributed by atoms with Crippen molar-refractivity contribution in [1.82, 2.24) is 10.2 Å². The number of benzene rings is 2. The SMILES string of the molecule is C=C1CNC(=O)c2cc(C(=O)N=[N+]=[N-])c(CCCCCCOc3cc4c(cc3OC)C(=O)N3CC(=C)CC3C=N4)cc2N=CC(C)C1. The first-order valence-electron chi connectivity index (χ1n) is 15.8. The number of amides is 3. The lowest BCUT2D eigenvalue weighted by Crippen LogP contribution is -2.35. The van der Waals surface area contributed by atoms with Gasteiger partial charge >= 0.3 is 0 Å². The van der Waals surface area contributed by atoms with Gasteiger partial charge in [-0.15, -0.1) is 0 Å². The first kappa shape index (κ1) is 33.2. The minimum atomic E-state index is -0.739. The van der Waals surface area contributed by atoms with E-state index in [1.54, 1.807) is 42.6 Å². The second-order valence-corrected chi connectivity index (χ2v) is 12.2. The van der Waals surface area contributed by atoms with E-state index >= 15 is 0 Å². The summed E-state index contributed by atoms with van der Waals surface area (Å²) in [4.78, 5) is 52.5. The van der Waals surface area contributed by atoms with Crippen LogP contribution in [-0.4, -0.2) is 67.9 Å². The van der Waals surface area contributed by atoms with Crippen molar-refractivity contribution in [3.63, 3.8) is 0 Å². The number of nitrogens with zero attached hydrogens (tertiary/aromatic N) is 6. The summed E-state index contributed by atoms with van der Waals surface area (Å²) in [6.45, 7) is 11.3. The van der Waals surface area contributed by atoms with Gasteiger partial charge in [0.15, 0.2) is 11.5 Å². The topological polar surface area (TPSA) is 158 Å². The molecular formula is C35H39N7O5. The fourth-order valence-corrected chi connectivity index (χ4v) is 6.07. The number of carbonyl (C=O) groups is 3. The Labute approximate surface area is 273 Å². The Morgan fingerprint density at radius 1 is 1.02 bits per heavy atom. The van der Waals surface area contributed by atoms with Gasteiger partial charge in [0.05, 0.1) is 42.3 Å². The molecule has 1 N–H and O–H groups in total. The van der Waals surface area contributed by atoms with Crippen LogP contribution >= 0.6 is 0 Å². The molecule has 0 saturated carbocycles. The maximum atomic E-state index is 13.2. The Balaban J connectivity index is 1.20. The zero-order valence-electron chi connectivity index (χ0n) is 26.8. The average molecular weight is 638 g/mol. The van der Waals surface area contributed by atoms with Gasteiger partial charge in [0.25, 0.3) is 11.8 Å². The van der Waals surface area contributed by atoms with Crippen LogP contribution < -0.4 is 14.8 Å². The van der Waals surface area contributed by atoms with Gasteiger partial charge in [-0.2, -0.15) is 0 Å². The monoisotopic (exact) mass is 637 g/mol. The van der Waals surface area contributed by atoms with Crippen molar-refractivity contribution >= 4 is 41.5 Å². The summed E-state index contributed by atoms with van der Waals surface area (Å²) in [5.41, 5.74) is 13.4. The molecule has 0 radical (unpaired) electrons. The van der Waals surface area contributed by atoms with E-state index in [1.165, 1.54) is 6.07 Å². The summed E-state index contributed by atoms with van der Waals surface area (Å²) in [5.74, 6) is -0.0778. The van der Waals surface area contributed by atoms with Crippen molar-refractivity contribution in [3.8, 4) is 11.5 Å². The van der Waals surface area contributed by atoms with E-state index in [2.05, 4.69) is 38.5 Å². The number of nitrogens with one attached hydrogen (secondary N) is 1. The largest absolute Gasteiger partial charge is 0.493 e. The van der Waals surface area contributed by atoms with Crippen LogP contribution in [-0.2, 0) is 6.42 Å². The van der Waals surface area contributed by atoms with E-state index in [9.17, 15) is 14.4 Å². The van der Waals surface area contributed by atoms with E-state index < -0.39 is 5.91 Å². The highest BCUT2D eigenvalue weighted by Gasteiger charge is 2.34. The number of aryl methyl sites for hydroxylation is 1. The zero-order chi connectivity index (χ0) is 33.5. The molecule has 2 aromatic carbocycles. The highest BCUT2D eigenvalue weighted by atomic mass is 16.5. The maximum Gasteiger partial charge on any atom is 0.257 e. The number of ether oxygens (including phenoxy) is 2. The van der Waals surface area contributed by atoms with E-state index in [0.717, 1.165) is 36.8 Å². The number of rotatable bonds is 10. The van der Waals surface area contributed by atoms with Gasteiger partial charge in [0.1, 0.15) is 0 Å². The first-order valence-corrected chi connectivity index (χ1v) is 15.8. The molecule has 0 spiro atoms. The Morgan fingerprint density at radius 2 is 1.79 bits per heavy atom. The third kappa shape index (κ3) is 7.78. The second kappa shape index (κ2) is 14.9. The molecule has 3 amide bonds. The summed E-state index contributed by atoms with van der Waals surface area (Å²) in [6.07, 6.45) is 8.78. The lowest BCUT2D eigenvalue weighted by Gasteiger charge is -2.20. The van der Waals surface area contributed by atoms with Crippen LogP contribution in [0.1, 0.15) is 82.1 Å². The van der Waals surface area contributed by atoms with E-state index in [0.29, 0.717) is 73.0 Å². The molecule has 3 heterocycles. The van der Waals surface area contributed by atoms with Crippen molar-refractivity contribution in [3.05, 3.63) is 81.3 Å². The molecule has 0 bridgehead atoms. The highest BCUT2D eigenvalue weighted by molar-refractivity contribution is 6.05. The van der Waals surface area contributed by atoms with Crippen molar-refractivity contribution in [1.29, 1.82) is 0 Å². The number of hydrogen-bond acceptors (Lipinski definition) is 7. The van der Waals surface area contributed by atoms with Gasteiger partial charge in [-0.1, -0.05) is 44.1 Å². The Morgan fingerprint density at radius 3 is 2.57 bits per heavy atom. The molecule has 2 atom stereocenters. The molecule has 2 aromatic rings. The number of aliphatic imine (C=N–C) groups is 2. The van der Waals surface area contributed by atoms with Gasteiger partial charge in [-0.05, 0) is 72.4 Å². The normalized spacial score (nSPS) is 18.8. The standard InChI is InChI=1S/C35H39N7O5/c1-21-11-22(2)18-39-33(43)27-14-26(34(44)40-41-36)24(13-29(27)37-17-21)9-7-5-6-8-10-47-32-16-30-28(15-31(32)46-4)35(45)42-20-23(3)12-25(42)19-38-30/h13-17,19,21,25H,2-3,5-12,18,20H2,1,4H3,(H,39,43). The van der Waals surface area contributed by atoms with Crippen LogP contribution in [0.3, 0.4) is 0 Å². The Hall–Kier alpha value is -5.22. The van der Waals surface area contributed by atoms with Gasteiger partial charge in [0, 0.05) is 42.1 Å². The summed E-state index contributed by atoms with van der Waals surface area (Å²) in [6, 6.07) is 6.58. The predicted octanol–water partition coefficient (Wildman–Crippen LogP) is 6.84. The minimum absolute atomic E-state index is 0.0904. The average Bonchev–Trinajstić information content (AvgIpc) is 3.38. The van der Waals surface area contributed by atoms with Gasteiger partial charge in [-0.3, -0.25) is 24.4 Å². The van der Waals surface area contributed by atoms with Crippen LogP contribution in [0.2, 0.25) is 0 Å². The van der Waals surface area contributed by atoms with Crippen LogP contribution in [0.5, 0.6) is 11.5 Å². The van der Waals surface area contributed by atoms with Gasteiger partial charge < -0.3 is 19.7 Å². The van der Waals surface area contributed by atoms with Crippen LogP contribution in [0.15, 0.2) is 63.7 Å². The molecular weight excluding hydrogens is 598 g/mol. The number of unbranched alkanes of at least 4 members (excludes halogenated alkanes) is 3. The van der Waals surface area contributed by atoms with Crippen molar-refractivity contribution in [2.45, 2.75) is 57.9 Å². The molecule has 12 nitrogen and oxygen atoms in total. The fraction of sp³-hybridized carbons (Fsp3) is 0.400. The smallest absolute Gasteiger partial charge is 0.257 e. The molecule has 3 aliphatic heterocycles. The Kier molecular flexibility index (Phi) is 10.5.